The molecule has 3 aromatic rings. The SMILES string of the molecule is CC(C)[C@H](NC(=O)Cc1cccc2ccccc12)C(=O)NCCc1cccc(F)c1. The standard InChI is InChI=1S/C25H27FN2O2/c1-17(2)24(25(30)27-14-13-18-7-5-11-21(26)15-18)28-23(29)16-20-10-6-9-19-8-3-4-12-22(19)20/h3-12,15,17,24H,13-14,16H2,1-2H3,(H,27,30)(H,28,29)/t24-/m0/s1. The summed E-state index contributed by atoms with van der Waals surface area (Å²) < 4.78 is 13.3. The first kappa shape index (κ1) is 21.5. The fourth-order valence-corrected chi connectivity index (χ4v) is 3.51. The van der Waals surface area contributed by atoms with Gasteiger partial charge in [0.15, 0.2) is 0 Å². The highest BCUT2D eigenvalue weighted by Gasteiger charge is 2.24. The zero-order valence-corrected chi connectivity index (χ0v) is 17.3. The Kier molecular flexibility index (Phi) is 7.17. The topological polar surface area (TPSA) is 58.2 Å². The Morgan fingerprint density at radius 2 is 1.70 bits per heavy atom. The van der Waals surface area contributed by atoms with Crippen molar-refractivity contribution in [2.45, 2.75) is 32.7 Å². The second-order valence-electron chi connectivity index (χ2n) is 7.78. The van der Waals surface area contributed by atoms with Crippen LogP contribution in [-0.4, -0.2) is 24.4 Å². The van der Waals surface area contributed by atoms with Gasteiger partial charge in [0, 0.05) is 6.54 Å². The third-order valence-electron chi connectivity index (χ3n) is 5.10. The van der Waals surface area contributed by atoms with Crippen LogP contribution in [0.1, 0.15) is 25.0 Å². The molecule has 0 bridgehead atoms. The molecule has 1 atom stereocenters. The molecule has 0 fully saturated rings. The highest BCUT2D eigenvalue weighted by molar-refractivity contribution is 5.92. The summed E-state index contributed by atoms with van der Waals surface area (Å²) in [6, 6.07) is 19.5. The Labute approximate surface area is 176 Å². The van der Waals surface area contributed by atoms with E-state index in [-0.39, 0.29) is 30.0 Å². The van der Waals surface area contributed by atoms with Crippen LogP contribution in [0.25, 0.3) is 10.8 Å². The second-order valence-corrected chi connectivity index (χ2v) is 7.78. The van der Waals surface area contributed by atoms with E-state index in [1.54, 1.807) is 6.07 Å². The lowest BCUT2D eigenvalue weighted by atomic mass is 10.00. The molecule has 4 nitrogen and oxygen atoms in total. The van der Waals surface area contributed by atoms with Gasteiger partial charge in [-0.15, -0.1) is 0 Å². The quantitative estimate of drug-likeness (QED) is 0.594. The number of amides is 2. The number of halogens is 1. The number of hydrogen-bond acceptors (Lipinski definition) is 2. The van der Waals surface area contributed by atoms with E-state index in [4.69, 9.17) is 0 Å². The summed E-state index contributed by atoms with van der Waals surface area (Å²) in [6.07, 6.45) is 0.736. The summed E-state index contributed by atoms with van der Waals surface area (Å²) in [5, 5.41) is 7.85. The highest BCUT2D eigenvalue weighted by atomic mass is 19.1. The minimum absolute atomic E-state index is 0.0596. The number of fused-ring (bicyclic) bond motifs is 1. The normalized spacial score (nSPS) is 12.0. The first-order chi connectivity index (χ1) is 14.4. The number of carbonyl (C=O) groups excluding carboxylic acids is 2. The van der Waals surface area contributed by atoms with E-state index in [9.17, 15) is 14.0 Å². The molecule has 0 aromatic heterocycles. The zero-order chi connectivity index (χ0) is 21.5. The summed E-state index contributed by atoms with van der Waals surface area (Å²) in [7, 11) is 0. The molecule has 3 rings (SSSR count). The van der Waals surface area contributed by atoms with Crippen molar-refractivity contribution in [1.29, 1.82) is 0 Å². The molecule has 2 N–H and O–H groups in total. The van der Waals surface area contributed by atoms with E-state index in [0.717, 1.165) is 21.9 Å². The van der Waals surface area contributed by atoms with Crippen molar-refractivity contribution in [2.24, 2.45) is 5.92 Å². The molecule has 0 spiro atoms. The maximum absolute atomic E-state index is 13.3. The van der Waals surface area contributed by atoms with Gasteiger partial charge in [0.2, 0.25) is 11.8 Å². The number of hydrogen-bond donors (Lipinski definition) is 2. The Hall–Kier alpha value is -3.21. The first-order valence-electron chi connectivity index (χ1n) is 10.2. The van der Waals surface area contributed by atoms with Crippen LogP contribution in [0.5, 0.6) is 0 Å². The number of benzene rings is 3. The van der Waals surface area contributed by atoms with Crippen molar-refractivity contribution >= 4 is 22.6 Å². The molecule has 0 aliphatic rings. The molecule has 0 radical (unpaired) electrons. The largest absolute Gasteiger partial charge is 0.354 e. The van der Waals surface area contributed by atoms with Gasteiger partial charge in [0.1, 0.15) is 11.9 Å². The van der Waals surface area contributed by atoms with E-state index in [1.165, 1.54) is 12.1 Å². The molecule has 156 valence electrons. The Balaban J connectivity index is 1.58. The van der Waals surface area contributed by atoms with Crippen LogP contribution in [-0.2, 0) is 22.4 Å². The van der Waals surface area contributed by atoms with Crippen molar-refractivity contribution in [3.63, 3.8) is 0 Å². The van der Waals surface area contributed by atoms with Crippen LogP contribution in [0.3, 0.4) is 0 Å². The van der Waals surface area contributed by atoms with Gasteiger partial charge in [0.25, 0.3) is 0 Å². The minimum atomic E-state index is -0.625. The molecule has 3 aromatic carbocycles. The lowest BCUT2D eigenvalue weighted by Crippen LogP contribution is -2.50. The first-order valence-corrected chi connectivity index (χ1v) is 10.2. The van der Waals surface area contributed by atoms with Crippen LogP contribution < -0.4 is 10.6 Å². The summed E-state index contributed by atoms with van der Waals surface area (Å²) in [4.78, 5) is 25.3. The Bertz CT molecular complexity index is 1030. The van der Waals surface area contributed by atoms with E-state index in [0.29, 0.717) is 13.0 Å². The molecule has 0 heterocycles. The fourth-order valence-electron chi connectivity index (χ4n) is 3.51. The van der Waals surface area contributed by atoms with Crippen LogP contribution >= 0.6 is 0 Å². The van der Waals surface area contributed by atoms with Crippen molar-refractivity contribution in [3.05, 3.63) is 83.7 Å². The molecule has 5 heteroatoms. The van der Waals surface area contributed by atoms with E-state index in [1.807, 2.05) is 62.4 Å². The summed E-state index contributed by atoms with van der Waals surface area (Å²) in [5.41, 5.74) is 1.75. The lowest BCUT2D eigenvalue weighted by molar-refractivity contribution is -0.129. The molecule has 30 heavy (non-hydrogen) atoms. The van der Waals surface area contributed by atoms with Crippen LogP contribution in [0, 0.1) is 11.7 Å². The molecular formula is C25H27FN2O2. The van der Waals surface area contributed by atoms with E-state index < -0.39 is 6.04 Å². The van der Waals surface area contributed by atoms with Gasteiger partial charge in [-0.2, -0.15) is 0 Å². The third-order valence-corrected chi connectivity index (χ3v) is 5.10. The second kappa shape index (κ2) is 10.0. The van der Waals surface area contributed by atoms with Crippen molar-refractivity contribution in [1.82, 2.24) is 10.6 Å². The molecule has 2 amide bonds. The van der Waals surface area contributed by atoms with Gasteiger partial charge in [-0.1, -0.05) is 68.4 Å². The molecule has 0 saturated heterocycles. The van der Waals surface area contributed by atoms with Gasteiger partial charge >= 0.3 is 0 Å². The molecule has 0 aliphatic carbocycles. The van der Waals surface area contributed by atoms with Gasteiger partial charge < -0.3 is 10.6 Å². The Morgan fingerprint density at radius 1 is 0.967 bits per heavy atom. The van der Waals surface area contributed by atoms with Crippen molar-refractivity contribution in [3.8, 4) is 0 Å². The van der Waals surface area contributed by atoms with Crippen LogP contribution in [0.4, 0.5) is 4.39 Å². The fraction of sp³-hybridized carbons (Fsp3) is 0.280. The lowest BCUT2D eigenvalue weighted by Gasteiger charge is -2.22. The van der Waals surface area contributed by atoms with Crippen LogP contribution in [0.2, 0.25) is 0 Å². The molecule has 0 unspecified atom stereocenters. The predicted octanol–water partition coefficient (Wildman–Crippen LogP) is 4.02. The minimum Gasteiger partial charge on any atom is -0.354 e. The van der Waals surface area contributed by atoms with Gasteiger partial charge in [-0.25, -0.2) is 4.39 Å². The summed E-state index contributed by atoms with van der Waals surface area (Å²) in [6.45, 7) is 4.18. The average molecular weight is 407 g/mol. The summed E-state index contributed by atoms with van der Waals surface area (Å²) in [5.74, 6) is -0.770. The molecular weight excluding hydrogens is 379 g/mol. The molecule has 0 saturated carbocycles. The number of carbonyl (C=O) groups is 2. The maximum Gasteiger partial charge on any atom is 0.242 e. The van der Waals surface area contributed by atoms with Gasteiger partial charge in [-0.05, 0) is 46.4 Å². The molecule has 0 aliphatic heterocycles. The van der Waals surface area contributed by atoms with E-state index >= 15 is 0 Å². The maximum atomic E-state index is 13.3. The number of nitrogens with one attached hydrogen (secondary N) is 2. The third kappa shape index (κ3) is 5.66. The van der Waals surface area contributed by atoms with E-state index in [2.05, 4.69) is 10.6 Å². The summed E-state index contributed by atoms with van der Waals surface area (Å²) >= 11 is 0. The van der Waals surface area contributed by atoms with Gasteiger partial charge in [0.05, 0.1) is 6.42 Å². The highest BCUT2D eigenvalue weighted by Crippen LogP contribution is 2.19. The average Bonchev–Trinajstić information content (AvgIpc) is 2.72. The zero-order valence-electron chi connectivity index (χ0n) is 17.3. The smallest absolute Gasteiger partial charge is 0.242 e. The van der Waals surface area contributed by atoms with Gasteiger partial charge in [-0.3, -0.25) is 9.59 Å². The number of rotatable bonds is 8. The monoisotopic (exact) mass is 406 g/mol. The van der Waals surface area contributed by atoms with Crippen molar-refractivity contribution in [2.75, 3.05) is 6.54 Å². The van der Waals surface area contributed by atoms with Crippen molar-refractivity contribution < 1.29 is 14.0 Å². The Morgan fingerprint density at radius 3 is 2.47 bits per heavy atom. The van der Waals surface area contributed by atoms with Crippen LogP contribution in [0.15, 0.2) is 66.7 Å². The predicted molar refractivity (Wildman–Crippen MR) is 118 cm³/mol.